The minimum absolute atomic E-state index is 0.471. The van der Waals surface area contributed by atoms with Crippen LogP contribution in [0.15, 0.2) is 0 Å². The molecular formula is C11H20N2O4. The van der Waals surface area contributed by atoms with Crippen molar-refractivity contribution >= 4 is 11.9 Å². The highest BCUT2D eigenvalue weighted by Crippen LogP contribution is 2.07. The van der Waals surface area contributed by atoms with E-state index in [1.165, 1.54) is 5.01 Å². The fourth-order valence-electron chi connectivity index (χ4n) is 1.79. The second-order valence-electron chi connectivity index (χ2n) is 4.01. The molecule has 0 bridgehead atoms. The summed E-state index contributed by atoms with van der Waals surface area (Å²) >= 11 is 0. The molecule has 0 unspecified atom stereocenters. The number of ether oxygens (including phenoxy) is 1. The fourth-order valence-corrected chi connectivity index (χ4v) is 1.79. The number of hydrazine groups is 1. The number of carboxylic acid groups (broad SMARTS) is 1. The lowest BCUT2D eigenvalue weighted by molar-refractivity contribution is -0.171. The number of hydrogen-bond donors (Lipinski definition) is 1. The first-order chi connectivity index (χ1) is 8.16. The summed E-state index contributed by atoms with van der Waals surface area (Å²) in [7, 11) is 0. The van der Waals surface area contributed by atoms with Crippen molar-refractivity contribution in [1.29, 1.82) is 0 Å². The van der Waals surface area contributed by atoms with Gasteiger partial charge in [0, 0.05) is 19.6 Å². The Morgan fingerprint density at radius 2 is 1.94 bits per heavy atom. The van der Waals surface area contributed by atoms with E-state index in [9.17, 15) is 9.59 Å². The molecule has 1 rings (SSSR count). The second kappa shape index (κ2) is 7.24. The lowest BCUT2D eigenvalue weighted by Gasteiger charge is -2.36. The van der Waals surface area contributed by atoms with Crippen molar-refractivity contribution in [3.05, 3.63) is 0 Å². The van der Waals surface area contributed by atoms with Crippen LogP contribution in [0.2, 0.25) is 0 Å². The SMILES string of the molecule is CCCCCN(C(=O)C(=O)O)N1CCOCC1. The average Bonchev–Trinajstić information content (AvgIpc) is 2.35. The van der Waals surface area contributed by atoms with Crippen LogP contribution in [0.5, 0.6) is 0 Å². The summed E-state index contributed by atoms with van der Waals surface area (Å²) in [5.41, 5.74) is 0. The Balaban J connectivity index is 2.56. The molecule has 17 heavy (non-hydrogen) atoms. The molecule has 1 aliphatic heterocycles. The molecule has 0 radical (unpaired) electrons. The third kappa shape index (κ3) is 4.32. The van der Waals surface area contributed by atoms with Gasteiger partial charge in [0.25, 0.3) is 0 Å². The van der Waals surface area contributed by atoms with E-state index in [1.54, 1.807) is 5.01 Å². The van der Waals surface area contributed by atoms with Gasteiger partial charge in [0.2, 0.25) is 0 Å². The molecule has 1 aliphatic rings. The summed E-state index contributed by atoms with van der Waals surface area (Å²) in [6.07, 6.45) is 2.86. The van der Waals surface area contributed by atoms with Crippen molar-refractivity contribution < 1.29 is 19.4 Å². The van der Waals surface area contributed by atoms with Gasteiger partial charge in [0.05, 0.1) is 13.2 Å². The van der Waals surface area contributed by atoms with Gasteiger partial charge in [-0.1, -0.05) is 19.8 Å². The van der Waals surface area contributed by atoms with Crippen LogP contribution in [-0.2, 0) is 14.3 Å². The Labute approximate surface area is 101 Å². The zero-order valence-corrected chi connectivity index (χ0v) is 10.2. The quantitative estimate of drug-likeness (QED) is 0.557. The zero-order valence-electron chi connectivity index (χ0n) is 10.2. The van der Waals surface area contributed by atoms with E-state index < -0.39 is 11.9 Å². The van der Waals surface area contributed by atoms with E-state index in [2.05, 4.69) is 6.92 Å². The number of hydrogen-bond acceptors (Lipinski definition) is 4. The van der Waals surface area contributed by atoms with Crippen molar-refractivity contribution in [2.24, 2.45) is 0 Å². The predicted octanol–water partition coefficient (Wildman–Crippen LogP) is 0.337. The Morgan fingerprint density at radius 3 is 2.47 bits per heavy atom. The third-order valence-electron chi connectivity index (χ3n) is 2.72. The van der Waals surface area contributed by atoms with Gasteiger partial charge in [0.1, 0.15) is 0 Å². The van der Waals surface area contributed by atoms with E-state index >= 15 is 0 Å². The number of morpholine rings is 1. The van der Waals surface area contributed by atoms with Gasteiger partial charge in [0.15, 0.2) is 0 Å². The maximum absolute atomic E-state index is 11.6. The first kappa shape index (κ1) is 13.9. The molecule has 0 spiro atoms. The van der Waals surface area contributed by atoms with Gasteiger partial charge in [-0.05, 0) is 6.42 Å². The maximum atomic E-state index is 11.6. The van der Waals surface area contributed by atoms with Crippen LogP contribution in [0.4, 0.5) is 0 Å². The van der Waals surface area contributed by atoms with Gasteiger partial charge < -0.3 is 9.84 Å². The Kier molecular flexibility index (Phi) is 5.93. The van der Waals surface area contributed by atoms with Crippen LogP contribution in [0.1, 0.15) is 26.2 Å². The minimum Gasteiger partial charge on any atom is -0.474 e. The van der Waals surface area contributed by atoms with E-state index in [4.69, 9.17) is 9.84 Å². The molecule has 0 aromatic carbocycles. The molecule has 1 fully saturated rings. The van der Waals surface area contributed by atoms with Crippen LogP contribution >= 0.6 is 0 Å². The molecule has 0 saturated carbocycles. The van der Waals surface area contributed by atoms with Gasteiger partial charge in [-0.2, -0.15) is 0 Å². The highest BCUT2D eigenvalue weighted by Gasteiger charge is 2.27. The summed E-state index contributed by atoms with van der Waals surface area (Å²) in [4.78, 5) is 22.3. The first-order valence-electron chi connectivity index (χ1n) is 6.04. The minimum atomic E-state index is -1.40. The Bertz CT molecular complexity index is 264. The van der Waals surface area contributed by atoms with Crippen molar-refractivity contribution in [3.63, 3.8) is 0 Å². The monoisotopic (exact) mass is 244 g/mol. The fraction of sp³-hybridized carbons (Fsp3) is 0.818. The highest BCUT2D eigenvalue weighted by molar-refractivity contribution is 6.31. The molecule has 98 valence electrons. The number of unbranched alkanes of at least 4 members (excludes halogenated alkanes) is 2. The lowest BCUT2D eigenvalue weighted by Crippen LogP contribution is -2.53. The average molecular weight is 244 g/mol. The van der Waals surface area contributed by atoms with Crippen LogP contribution in [0, 0.1) is 0 Å². The smallest absolute Gasteiger partial charge is 0.396 e. The molecule has 1 amide bonds. The van der Waals surface area contributed by atoms with Crippen LogP contribution < -0.4 is 0 Å². The molecule has 0 aromatic heterocycles. The number of carbonyl (C=O) groups is 2. The number of carbonyl (C=O) groups excluding carboxylic acids is 1. The molecule has 0 aromatic rings. The van der Waals surface area contributed by atoms with Crippen molar-refractivity contribution in [2.75, 3.05) is 32.8 Å². The molecule has 6 nitrogen and oxygen atoms in total. The maximum Gasteiger partial charge on any atom is 0.396 e. The van der Waals surface area contributed by atoms with Crippen LogP contribution in [-0.4, -0.2) is 59.8 Å². The van der Waals surface area contributed by atoms with Crippen molar-refractivity contribution in [3.8, 4) is 0 Å². The number of carboxylic acids is 1. The van der Waals surface area contributed by atoms with E-state index in [-0.39, 0.29) is 0 Å². The lowest BCUT2D eigenvalue weighted by atomic mass is 10.2. The van der Waals surface area contributed by atoms with Gasteiger partial charge in [-0.15, -0.1) is 0 Å². The molecule has 1 N–H and O–H groups in total. The summed E-state index contributed by atoms with van der Waals surface area (Å²) < 4.78 is 5.19. The van der Waals surface area contributed by atoms with Crippen LogP contribution in [0.25, 0.3) is 0 Å². The summed E-state index contributed by atoms with van der Waals surface area (Å²) in [5.74, 6) is -2.24. The third-order valence-corrected chi connectivity index (χ3v) is 2.72. The first-order valence-corrected chi connectivity index (χ1v) is 6.04. The standard InChI is InChI=1S/C11H20N2O4/c1-2-3-4-5-13(10(14)11(15)16)12-6-8-17-9-7-12/h2-9H2,1H3,(H,15,16). The molecule has 0 atom stereocenters. The van der Waals surface area contributed by atoms with Gasteiger partial charge >= 0.3 is 11.9 Å². The second-order valence-corrected chi connectivity index (χ2v) is 4.01. The number of amides is 1. The normalized spacial score (nSPS) is 16.8. The number of nitrogens with zero attached hydrogens (tertiary/aromatic N) is 2. The van der Waals surface area contributed by atoms with Crippen LogP contribution in [0.3, 0.4) is 0 Å². The van der Waals surface area contributed by atoms with E-state index in [0.717, 1.165) is 19.3 Å². The molecule has 6 heteroatoms. The van der Waals surface area contributed by atoms with Gasteiger partial charge in [-0.25, -0.2) is 9.80 Å². The molecule has 0 aliphatic carbocycles. The summed E-state index contributed by atoms with van der Waals surface area (Å²) in [6, 6.07) is 0. The van der Waals surface area contributed by atoms with E-state index in [1.807, 2.05) is 0 Å². The largest absolute Gasteiger partial charge is 0.474 e. The predicted molar refractivity (Wildman–Crippen MR) is 61.3 cm³/mol. The zero-order chi connectivity index (χ0) is 12.7. The van der Waals surface area contributed by atoms with E-state index in [0.29, 0.717) is 32.8 Å². The Hall–Kier alpha value is -1.14. The highest BCUT2D eigenvalue weighted by atomic mass is 16.5. The number of aliphatic carboxylic acids is 1. The summed E-state index contributed by atoms with van der Waals surface area (Å²) in [6.45, 7) is 4.77. The topological polar surface area (TPSA) is 70.1 Å². The molecule has 1 heterocycles. The number of rotatable bonds is 5. The van der Waals surface area contributed by atoms with Crippen molar-refractivity contribution in [2.45, 2.75) is 26.2 Å². The summed E-state index contributed by atoms with van der Waals surface area (Å²) in [5, 5.41) is 11.9. The molecular weight excluding hydrogens is 224 g/mol. The van der Waals surface area contributed by atoms with Gasteiger partial charge in [-0.3, -0.25) is 9.80 Å². The Morgan fingerprint density at radius 1 is 1.29 bits per heavy atom. The van der Waals surface area contributed by atoms with Crippen molar-refractivity contribution in [1.82, 2.24) is 10.0 Å². The molecule has 1 saturated heterocycles.